The summed E-state index contributed by atoms with van der Waals surface area (Å²) in [5, 5.41) is 0. The predicted octanol–water partition coefficient (Wildman–Crippen LogP) is 3.70. The maximum Gasteiger partial charge on any atom is 0.185 e. The second-order valence-electron chi connectivity index (χ2n) is 3.78. The molecule has 0 aliphatic heterocycles. The van der Waals surface area contributed by atoms with Gasteiger partial charge in [0.2, 0.25) is 0 Å². The highest BCUT2D eigenvalue weighted by atomic mass is 35.5. The van der Waals surface area contributed by atoms with Crippen molar-refractivity contribution >= 4 is 39.5 Å². The van der Waals surface area contributed by atoms with Crippen molar-refractivity contribution in [2.24, 2.45) is 0 Å². The number of benzene rings is 1. The number of carbonyl (C=O) groups excluding carboxylic acids is 1. The van der Waals surface area contributed by atoms with Crippen LogP contribution in [0.4, 0.5) is 0 Å². The van der Waals surface area contributed by atoms with Crippen LogP contribution in [0.1, 0.15) is 15.2 Å². The van der Waals surface area contributed by atoms with Crippen LogP contribution < -0.4 is 0 Å². The van der Waals surface area contributed by atoms with Gasteiger partial charge < -0.3 is 0 Å². The second-order valence-corrected chi connectivity index (χ2v) is 6.92. The molecule has 0 radical (unpaired) electrons. The molecule has 1 unspecified atom stereocenters. The summed E-state index contributed by atoms with van der Waals surface area (Å²) in [6, 6.07) is 10.7. The standard InChI is InChI=1S/C13H11ClO2S2/c1-9-4-2-3-5-12(9)18(16)8-10(15)11-6-7-13(14)17-11/h2-7H,8H2,1H3. The summed E-state index contributed by atoms with van der Waals surface area (Å²) in [6.07, 6.45) is 0. The van der Waals surface area contributed by atoms with Crippen molar-refractivity contribution in [3.63, 3.8) is 0 Å². The van der Waals surface area contributed by atoms with Gasteiger partial charge in [0.25, 0.3) is 0 Å². The minimum atomic E-state index is -1.30. The Morgan fingerprint density at radius 3 is 2.61 bits per heavy atom. The number of hydrogen-bond acceptors (Lipinski definition) is 3. The quantitative estimate of drug-likeness (QED) is 0.807. The van der Waals surface area contributed by atoms with Crippen molar-refractivity contribution in [3.05, 3.63) is 51.2 Å². The molecule has 1 aromatic heterocycles. The topological polar surface area (TPSA) is 34.1 Å². The van der Waals surface area contributed by atoms with Crippen LogP contribution in [0.15, 0.2) is 41.3 Å². The Balaban J connectivity index is 2.13. The lowest BCUT2D eigenvalue weighted by atomic mass is 10.2. The van der Waals surface area contributed by atoms with E-state index in [2.05, 4.69) is 0 Å². The molecule has 0 saturated carbocycles. The third kappa shape index (κ3) is 3.07. The van der Waals surface area contributed by atoms with Gasteiger partial charge in [0.1, 0.15) is 0 Å². The number of hydrogen-bond donors (Lipinski definition) is 0. The summed E-state index contributed by atoms with van der Waals surface area (Å²) >= 11 is 6.99. The molecular weight excluding hydrogens is 288 g/mol. The normalized spacial score (nSPS) is 12.3. The molecule has 1 atom stereocenters. The van der Waals surface area contributed by atoms with E-state index in [9.17, 15) is 9.00 Å². The highest BCUT2D eigenvalue weighted by Crippen LogP contribution is 2.22. The van der Waals surface area contributed by atoms with Gasteiger partial charge in [0, 0.05) is 4.90 Å². The van der Waals surface area contributed by atoms with Crippen LogP contribution in [-0.4, -0.2) is 15.7 Å². The molecule has 0 aliphatic carbocycles. The van der Waals surface area contributed by atoms with Gasteiger partial charge in [-0.3, -0.25) is 9.00 Å². The Morgan fingerprint density at radius 1 is 1.28 bits per heavy atom. The van der Waals surface area contributed by atoms with E-state index >= 15 is 0 Å². The van der Waals surface area contributed by atoms with Gasteiger partial charge in [-0.05, 0) is 30.7 Å². The fourth-order valence-corrected chi connectivity index (χ4v) is 3.82. The van der Waals surface area contributed by atoms with Gasteiger partial charge in [-0.1, -0.05) is 29.8 Å². The first-order valence-electron chi connectivity index (χ1n) is 5.30. The average molecular weight is 299 g/mol. The van der Waals surface area contributed by atoms with Crippen molar-refractivity contribution in [1.82, 2.24) is 0 Å². The number of ketones is 1. The van der Waals surface area contributed by atoms with Crippen LogP contribution in [0.3, 0.4) is 0 Å². The molecule has 2 aromatic rings. The largest absolute Gasteiger partial charge is 0.292 e. The maximum absolute atomic E-state index is 12.1. The van der Waals surface area contributed by atoms with E-state index in [0.717, 1.165) is 5.56 Å². The first-order valence-corrected chi connectivity index (χ1v) is 7.82. The van der Waals surface area contributed by atoms with Gasteiger partial charge >= 0.3 is 0 Å². The molecular formula is C13H11ClO2S2. The lowest BCUT2D eigenvalue weighted by Crippen LogP contribution is -2.10. The Kier molecular flexibility index (Phi) is 4.32. The van der Waals surface area contributed by atoms with E-state index in [1.807, 2.05) is 25.1 Å². The minimum Gasteiger partial charge on any atom is -0.292 e. The molecule has 0 N–H and O–H groups in total. The van der Waals surface area contributed by atoms with Crippen molar-refractivity contribution in [2.45, 2.75) is 11.8 Å². The lowest BCUT2D eigenvalue weighted by molar-refractivity contribution is 0.102. The van der Waals surface area contributed by atoms with Crippen LogP contribution in [-0.2, 0) is 10.8 Å². The van der Waals surface area contributed by atoms with Crippen molar-refractivity contribution in [2.75, 3.05) is 5.75 Å². The Hall–Kier alpha value is -0.970. The molecule has 2 rings (SSSR count). The average Bonchev–Trinajstić information content (AvgIpc) is 2.76. The SMILES string of the molecule is Cc1ccccc1S(=O)CC(=O)c1ccc(Cl)s1. The Bertz CT molecular complexity index is 605. The van der Waals surface area contributed by atoms with Crippen LogP contribution in [0.25, 0.3) is 0 Å². The molecule has 0 saturated heterocycles. The first-order chi connectivity index (χ1) is 8.58. The highest BCUT2D eigenvalue weighted by molar-refractivity contribution is 7.85. The summed E-state index contributed by atoms with van der Waals surface area (Å²) < 4.78 is 12.7. The summed E-state index contributed by atoms with van der Waals surface area (Å²) in [4.78, 5) is 13.2. The minimum absolute atomic E-state index is 0.00168. The van der Waals surface area contributed by atoms with Crippen LogP contribution >= 0.6 is 22.9 Å². The summed E-state index contributed by atoms with van der Waals surface area (Å²) in [5.74, 6) is -0.129. The molecule has 18 heavy (non-hydrogen) atoms. The second kappa shape index (κ2) is 5.78. The third-order valence-electron chi connectivity index (χ3n) is 2.45. The maximum atomic E-state index is 12.1. The van der Waals surface area contributed by atoms with Gasteiger partial charge in [-0.2, -0.15) is 0 Å². The predicted molar refractivity (Wildman–Crippen MR) is 76.1 cm³/mol. The van der Waals surface area contributed by atoms with Crippen molar-refractivity contribution in [3.8, 4) is 0 Å². The van der Waals surface area contributed by atoms with E-state index in [4.69, 9.17) is 11.6 Å². The lowest BCUT2D eigenvalue weighted by Gasteiger charge is -2.04. The van der Waals surface area contributed by atoms with Crippen LogP contribution in [0, 0.1) is 6.92 Å². The molecule has 0 amide bonds. The van der Waals surface area contributed by atoms with E-state index in [1.54, 1.807) is 18.2 Å². The fourth-order valence-electron chi connectivity index (χ4n) is 1.54. The van der Waals surface area contributed by atoms with Gasteiger partial charge in [-0.15, -0.1) is 11.3 Å². The number of halogens is 1. The number of carbonyl (C=O) groups is 1. The van der Waals surface area contributed by atoms with Crippen LogP contribution in [0.5, 0.6) is 0 Å². The van der Waals surface area contributed by atoms with Gasteiger partial charge in [0.05, 0.1) is 25.8 Å². The molecule has 1 aromatic carbocycles. The number of aryl methyl sites for hydroxylation is 1. The summed E-state index contributed by atoms with van der Waals surface area (Å²) in [7, 11) is -1.30. The van der Waals surface area contributed by atoms with Crippen molar-refractivity contribution < 1.29 is 9.00 Å². The Morgan fingerprint density at radius 2 is 2.00 bits per heavy atom. The van der Waals surface area contributed by atoms with Gasteiger partial charge in [-0.25, -0.2) is 0 Å². The van der Waals surface area contributed by atoms with E-state index in [-0.39, 0.29) is 11.5 Å². The van der Waals surface area contributed by atoms with Gasteiger partial charge in [0.15, 0.2) is 5.78 Å². The van der Waals surface area contributed by atoms with E-state index < -0.39 is 10.8 Å². The molecule has 1 heterocycles. The molecule has 0 fully saturated rings. The molecule has 94 valence electrons. The molecule has 0 aliphatic rings. The number of rotatable bonds is 4. The van der Waals surface area contributed by atoms with E-state index in [1.165, 1.54) is 11.3 Å². The molecule has 2 nitrogen and oxygen atoms in total. The zero-order valence-electron chi connectivity index (χ0n) is 9.68. The van der Waals surface area contributed by atoms with Crippen LogP contribution in [0.2, 0.25) is 4.34 Å². The summed E-state index contributed by atoms with van der Waals surface area (Å²) in [5.41, 5.74) is 0.938. The zero-order chi connectivity index (χ0) is 13.1. The number of Topliss-reactive ketones (excluding diaryl/α,β-unsaturated/α-hetero) is 1. The molecule has 5 heteroatoms. The molecule has 0 bridgehead atoms. The summed E-state index contributed by atoms with van der Waals surface area (Å²) in [6.45, 7) is 1.89. The first kappa shape index (κ1) is 13.5. The van der Waals surface area contributed by atoms with E-state index in [0.29, 0.717) is 14.1 Å². The number of thiophene rings is 1. The van der Waals surface area contributed by atoms with Crippen molar-refractivity contribution in [1.29, 1.82) is 0 Å². The molecule has 0 spiro atoms. The monoisotopic (exact) mass is 298 g/mol. The third-order valence-corrected chi connectivity index (χ3v) is 5.19. The zero-order valence-corrected chi connectivity index (χ0v) is 12.1. The highest BCUT2D eigenvalue weighted by Gasteiger charge is 2.15. The fraction of sp³-hybridized carbons (Fsp3) is 0.154. The smallest absolute Gasteiger partial charge is 0.185 e. The Labute approximate surface area is 117 Å².